The molecule has 0 aliphatic carbocycles. The molecule has 7 heterocycles. The number of benzene rings is 5. The van der Waals surface area contributed by atoms with Crippen molar-refractivity contribution < 1.29 is 9.13 Å². The Hall–Kier alpha value is -5.84. The lowest BCUT2D eigenvalue weighted by Gasteiger charge is -2.32. The van der Waals surface area contributed by atoms with Gasteiger partial charge in [-0.05, 0) is 78.3 Å². The highest BCUT2D eigenvalue weighted by atomic mass is 32.1. The van der Waals surface area contributed by atoms with Gasteiger partial charge in [-0.2, -0.15) is 9.13 Å². The maximum absolute atomic E-state index is 4.82. The second-order valence-corrected chi connectivity index (χ2v) is 18.6. The van der Waals surface area contributed by atoms with Crippen LogP contribution < -0.4 is 9.13 Å². The summed E-state index contributed by atoms with van der Waals surface area (Å²) in [5.41, 5.74) is 14.8. The van der Waals surface area contributed by atoms with E-state index in [1.54, 1.807) is 0 Å². The van der Waals surface area contributed by atoms with Crippen LogP contribution in [-0.2, 0) is 12.8 Å². The van der Waals surface area contributed by atoms with Crippen LogP contribution in [0.4, 0.5) is 0 Å². The smallest absolute Gasteiger partial charge is 0.218 e. The largest absolute Gasteiger partial charge is 0.307 e. The Kier molecular flexibility index (Phi) is 6.71. The van der Waals surface area contributed by atoms with E-state index in [9.17, 15) is 0 Å². The fraction of sp³-hybridized carbons (Fsp3) is 0.192. The van der Waals surface area contributed by atoms with Crippen LogP contribution in [0.2, 0.25) is 0 Å². The quantitative estimate of drug-likeness (QED) is 0.149. The highest BCUT2D eigenvalue weighted by Gasteiger charge is 2.43. The van der Waals surface area contributed by atoms with Gasteiger partial charge in [0.25, 0.3) is 0 Å². The first kappa shape index (κ1) is 32.4. The van der Waals surface area contributed by atoms with Crippen molar-refractivity contribution in [2.45, 2.75) is 58.4 Å². The molecule has 0 radical (unpaired) electrons. The number of aryl methyl sites for hydroxylation is 1. The van der Waals surface area contributed by atoms with E-state index >= 15 is 0 Å². The lowest BCUT2D eigenvalue weighted by Crippen LogP contribution is -2.49. The average molecular weight is 742 g/mol. The Morgan fingerprint density at radius 3 is 2.36 bits per heavy atom. The molecule has 5 aromatic carbocycles. The number of fused-ring (bicyclic) bond motifs is 19. The number of allylic oxidation sites excluding steroid dienone is 1. The van der Waals surface area contributed by atoms with Gasteiger partial charge in [0.05, 0.1) is 33.2 Å². The van der Waals surface area contributed by atoms with Gasteiger partial charge in [0.2, 0.25) is 11.4 Å². The van der Waals surface area contributed by atoms with Crippen molar-refractivity contribution in [1.29, 1.82) is 0 Å². The van der Waals surface area contributed by atoms with E-state index in [2.05, 4.69) is 168 Å². The first-order chi connectivity index (χ1) is 27.3. The third kappa shape index (κ3) is 4.57. The third-order valence-electron chi connectivity index (χ3n) is 12.9. The number of para-hydroxylation sites is 1. The van der Waals surface area contributed by atoms with Crippen molar-refractivity contribution in [3.63, 3.8) is 0 Å². The average Bonchev–Trinajstić information content (AvgIpc) is 3.86. The molecule has 0 saturated heterocycles. The predicted octanol–water partition coefficient (Wildman–Crippen LogP) is 12.8. The van der Waals surface area contributed by atoms with Crippen molar-refractivity contribution in [1.82, 2.24) is 4.40 Å². The van der Waals surface area contributed by atoms with E-state index in [1.807, 2.05) is 11.3 Å². The van der Waals surface area contributed by atoms with Gasteiger partial charge in [-0.25, -0.2) is 0 Å². The second-order valence-electron chi connectivity index (χ2n) is 17.6. The predicted molar refractivity (Wildman–Crippen MR) is 235 cm³/mol. The molecule has 3 nitrogen and oxygen atoms in total. The van der Waals surface area contributed by atoms with Crippen molar-refractivity contribution in [3.8, 4) is 22.5 Å². The van der Waals surface area contributed by atoms with E-state index in [0.717, 1.165) is 31.4 Å². The molecule has 0 fully saturated rings. The first-order valence-corrected chi connectivity index (χ1v) is 21.0. The highest BCUT2D eigenvalue weighted by Crippen LogP contribution is 2.50. The Balaban J connectivity index is 1.17. The summed E-state index contributed by atoms with van der Waals surface area (Å²) in [7, 11) is 0. The zero-order valence-electron chi connectivity index (χ0n) is 32.1. The molecule has 270 valence electrons. The maximum atomic E-state index is 4.82. The van der Waals surface area contributed by atoms with Crippen LogP contribution in [0, 0.1) is 5.41 Å². The van der Waals surface area contributed by atoms with Gasteiger partial charge in [0, 0.05) is 72.8 Å². The van der Waals surface area contributed by atoms with Gasteiger partial charge in [0.15, 0.2) is 24.1 Å². The fourth-order valence-electron chi connectivity index (χ4n) is 10.7. The van der Waals surface area contributed by atoms with Crippen molar-refractivity contribution in [2.24, 2.45) is 5.41 Å². The van der Waals surface area contributed by atoms with Gasteiger partial charge in [-0.15, -0.1) is 11.3 Å². The standard InChI is InChI=1S/C52H43N3S/c1-31-26-45-35(20-19-33-12-5-6-13-34(33)44-17-9-10-24-53(31)44)41-29-47-42(28-43(41)46-27-32(23-25-54(45)46)30-52(2,3)4)38-16-11-15-37-39-21-22-40-36-14-7-8-18-48(36)56-51(40)50(39)55(47)49(37)38/h5-18,21-25,27-29,35,45H,1,19-20,26,30H2,2-4H3/q+2. The summed E-state index contributed by atoms with van der Waals surface area (Å²) in [6, 6.07) is 46.5. The molecule has 2 atom stereocenters. The summed E-state index contributed by atoms with van der Waals surface area (Å²) in [5.74, 6) is 0.294. The minimum Gasteiger partial charge on any atom is -0.307 e. The Morgan fingerprint density at radius 2 is 1.46 bits per heavy atom. The molecular weight excluding hydrogens is 699 g/mol. The minimum absolute atomic E-state index is 0.188. The number of aromatic nitrogens is 3. The van der Waals surface area contributed by atoms with Crippen LogP contribution in [0.1, 0.15) is 62.3 Å². The van der Waals surface area contributed by atoms with Gasteiger partial charge in [-0.3, -0.25) is 0 Å². The monoisotopic (exact) mass is 741 g/mol. The molecule has 0 amide bonds. The highest BCUT2D eigenvalue weighted by molar-refractivity contribution is 7.26. The van der Waals surface area contributed by atoms with E-state index in [1.165, 1.54) is 97.5 Å². The van der Waals surface area contributed by atoms with Crippen LogP contribution >= 0.6 is 11.3 Å². The molecule has 10 aromatic rings. The SMILES string of the molecule is C=C1CC2C(CCc3ccccc3-c3cccc[n+]31)c1cc3c(cc1-c1cc(CC(C)(C)C)cc[n+]12)c1cccc2c4ccc5c6ccccc6sc5c4n3c12. The first-order valence-electron chi connectivity index (χ1n) is 20.2. The molecule has 12 rings (SSSR count). The van der Waals surface area contributed by atoms with Gasteiger partial charge in [0.1, 0.15) is 0 Å². The molecule has 0 saturated carbocycles. The summed E-state index contributed by atoms with van der Waals surface area (Å²) in [6.45, 7) is 11.9. The Labute approximate surface area is 330 Å². The van der Waals surface area contributed by atoms with Gasteiger partial charge >= 0.3 is 0 Å². The molecule has 2 aliphatic rings. The summed E-state index contributed by atoms with van der Waals surface area (Å²) >= 11 is 1.94. The van der Waals surface area contributed by atoms with E-state index in [-0.39, 0.29) is 11.5 Å². The normalized spacial score (nSPS) is 17.1. The summed E-state index contributed by atoms with van der Waals surface area (Å²) in [6.07, 6.45) is 8.57. The van der Waals surface area contributed by atoms with Crippen LogP contribution in [-0.4, -0.2) is 4.40 Å². The van der Waals surface area contributed by atoms with E-state index in [0.29, 0.717) is 5.92 Å². The summed E-state index contributed by atoms with van der Waals surface area (Å²) < 4.78 is 10.3. The number of thiophene rings is 1. The minimum atomic E-state index is 0.188. The van der Waals surface area contributed by atoms with Crippen LogP contribution in [0.25, 0.3) is 86.5 Å². The zero-order chi connectivity index (χ0) is 37.4. The number of pyridine rings is 2. The van der Waals surface area contributed by atoms with Crippen molar-refractivity contribution in [3.05, 3.63) is 157 Å². The number of hydrogen-bond donors (Lipinski definition) is 0. The summed E-state index contributed by atoms with van der Waals surface area (Å²) in [5, 5.41) is 8.07. The third-order valence-corrected chi connectivity index (χ3v) is 14.1. The van der Waals surface area contributed by atoms with Crippen LogP contribution in [0.5, 0.6) is 0 Å². The van der Waals surface area contributed by atoms with Crippen LogP contribution in [0.15, 0.2) is 140 Å². The van der Waals surface area contributed by atoms with Gasteiger partial charge in [-0.1, -0.05) is 87.5 Å². The lowest BCUT2D eigenvalue weighted by molar-refractivity contribution is -0.720. The summed E-state index contributed by atoms with van der Waals surface area (Å²) in [4.78, 5) is 0. The molecule has 2 unspecified atom stereocenters. The second kappa shape index (κ2) is 11.6. The fourth-order valence-corrected chi connectivity index (χ4v) is 11.9. The van der Waals surface area contributed by atoms with Gasteiger partial charge < -0.3 is 4.40 Å². The molecule has 0 spiro atoms. The van der Waals surface area contributed by atoms with E-state index in [4.69, 9.17) is 6.58 Å². The maximum Gasteiger partial charge on any atom is 0.218 e. The molecule has 4 heteroatoms. The van der Waals surface area contributed by atoms with Crippen molar-refractivity contribution in [2.75, 3.05) is 0 Å². The number of nitrogens with zero attached hydrogens (tertiary/aromatic N) is 3. The molecule has 0 N–H and O–H groups in total. The molecular formula is C52H43N3S+2. The van der Waals surface area contributed by atoms with Crippen LogP contribution in [0.3, 0.4) is 0 Å². The lowest BCUT2D eigenvalue weighted by atomic mass is 9.76. The van der Waals surface area contributed by atoms with E-state index < -0.39 is 0 Å². The molecule has 56 heavy (non-hydrogen) atoms. The zero-order valence-corrected chi connectivity index (χ0v) is 33.0. The molecule has 0 bridgehead atoms. The molecule has 2 aliphatic heterocycles. The Morgan fingerprint density at radius 1 is 0.696 bits per heavy atom. The topological polar surface area (TPSA) is 12.2 Å². The number of hydrogen-bond acceptors (Lipinski definition) is 1. The Bertz CT molecular complexity index is 3280. The molecule has 5 aromatic heterocycles. The number of rotatable bonds is 1. The van der Waals surface area contributed by atoms with Crippen molar-refractivity contribution >= 4 is 75.3 Å².